The lowest BCUT2D eigenvalue weighted by Gasteiger charge is -2.29. The predicted octanol–water partition coefficient (Wildman–Crippen LogP) is 5.19. The predicted molar refractivity (Wildman–Crippen MR) is 109 cm³/mol. The lowest BCUT2D eigenvalue weighted by atomic mass is 9.75. The molecule has 2 heterocycles. The number of ether oxygens (including phenoxy) is 1. The molecular formula is C21H29BrN2O. The van der Waals surface area contributed by atoms with Crippen molar-refractivity contribution in [3.8, 4) is 5.75 Å². The summed E-state index contributed by atoms with van der Waals surface area (Å²) in [4.78, 5) is 2.33. The third-order valence-electron chi connectivity index (χ3n) is 5.46. The van der Waals surface area contributed by atoms with Crippen LogP contribution in [0.2, 0.25) is 0 Å². The van der Waals surface area contributed by atoms with Gasteiger partial charge in [0.15, 0.2) is 6.23 Å². The third-order valence-corrected chi connectivity index (χ3v) is 6.12. The highest BCUT2D eigenvalue weighted by molar-refractivity contribution is 9.10. The number of nitrogens with two attached hydrogens (primary N) is 1. The second kappa shape index (κ2) is 6.81. The molecule has 2 aliphatic rings. The van der Waals surface area contributed by atoms with E-state index in [0.29, 0.717) is 0 Å². The number of hydrogen-bond donors (Lipinski definition) is 1. The summed E-state index contributed by atoms with van der Waals surface area (Å²) in [7, 11) is 2.15. The van der Waals surface area contributed by atoms with Gasteiger partial charge in [0.2, 0.25) is 0 Å². The highest BCUT2D eigenvalue weighted by Gasteiger charge is 2.55. The van der Waals surface area contributed by atoms with E-state index in [9.17, 15) is 0 Å². The molecule has 1 saturated heterocycles. The molecule has 136 valence electrons. The summed E-state index contributed by atoms with van der Waals surface area (Å²) >= 11 is 3.69. The Labute approximate surface area is 160 Å². The van der Waals surface area contributed by atoms with Crippen molar-refractivity contribution in [2.75, 3.05) is 19.3 Å². The second-order valence-electron chi connectivity index (χ2n) is 7.96. The fraction of sp³-hybridized carbons (Fsp3) is 0.524. The number of nitrogens with zero attached hydrogens (tertiary/aromatic N) is 1. The van der Waals surface area contributed by atoms with Crippen LogP contribution in [0.5, 0.6) is 5.75 Å². The zero-order valence-corrected chi connectivity index (χ0v) is 17.5. The number of benzene rings is 1. The van der Waals surface area contributed by atoms with Gasteiger partial charge in [-0.2, -0.15) is 0 Å². The van der Waals surface area contributed by atoms with Crippen LogP contribution in [-0.4, -0.2) is 24.7 Å². The minimum atomic E-state index is -0.0467. The first-order valence-electron chi connectivity index (χ1n) is 9.01. The normalized spacial score (nSPS) is 24.5. The first-order chi connectivity index (χ1) is 11.8. The molecule has 2 N–H and O–H groups in total. The van der Waals surface area contributed by atoms with E-state index in [1.807, 2.05) is 0 Å². The molecule has 3 nitrogen and oxygen atoms in total. The number of halogens is 1. The topological polar surface area (TPSA) is 38.5 Å². The Balaban J connectivity index is 2.16. The van der Waals surface area contributed by atoms with Gasteiger partial charge in [-0.15, -0.1) is 0 Å². The molecule has 1 fully saturated rings. The third kappa shape index (κ3) is 3.15. The van der Waals surface area contributed by atoms with Crippen molar-refractivity contribution in [2.24, 2.45) is 0 Å². The number of hydrogen-bond acceptors (Lipinski definition) is 3. The Morgan fingerprint density at radius 2 is 2.00 bits per heavy atom. The maximum absolute atomic E-state index is 6.57. The Morgan fingerprint density at radius 3 is 2.64 bits per heavy atom. The van der Waals surface area contributed by atoms with Gasteiger partial charge in [-0.1, -0.05) is 23.3 Å². The molecule has 2 unspecified atom stereocenters. The monoisotopic (exact) mass is 404 g/mol. The minimum absolute atomic E-state index is 0.0467. The van der Waals surface area contributed by atoms with E-state index >= 15 is 0 Å². The zero-order valence-electron chi connectivity index (χ0n) is 15.9. The number of anilines is 1. The van der Waals surface area contributed by atoms with E-state index in [4.69, 9.17) is 10.5 Å². The van der Waals surface area contributed by atoms with Gasteiger partial charge in [-0.25, -0.2) is 0 Å². The minimum Gasteiger partial charge on any atom is -0.473 e. The van der Waals surface area contributed by atoms with Crippen LogP contribution in [0.15, 0.2) is 33.8 Å². The first kappa shape index (κ1) is 18.5. The number of nitrogen functional groups attached to an aromatic ring is 1. The zero-order chi connectivity index (χ0) is 18.4. The molecule has 3 rings (SSSR count). The van der Waals surface area contributed by atoms with Gasteiger partial charge >= 0.3 is 0 Å². The second-order valence-corrected chi connectivity index (χ2v) is 8.82. The highest BCUT2D eigenvalue weighted by Crippen LogP contribution is 2.57. The van der Waals surface area contributed by atoms with Gasteiger partial charge in [0.05, 0.1) is 11.1 Å². The average molecular weight is 405 g/mol. The molecule has 1 aromatic carbocycles. The maximum atomic E-state index is 6.57. The Hall–Kier alpha value is -1.26. The van der Waals surface area contributed by atoms with Crippen molar-refractivity contribution in [3.05, 3.63) is 45.0 Å². The van der Waals surface area contributed by atoms with E-state index < -0.39 is 0 Å². The van der Waals surface area contributed by atoms with Crippen LogP contribution in [-0.2, 0) is 11.8 Å². The van der Waals surface area contributed by atoms with Gasteiger partial charge < -0.3 is 10.5 Å². The van der Waals surface area contributed by atoms with E-state index in [0.717, 1.165) is 41.7 Å². The molecule has 4 heteroatoms. The maximum Gasteiger partial charge on any atom is 0.162 e. The Kier molecular flexibility index (Phi) is 5.04. The van der Waals surface area contributed by atoms with Gasteiger partial charge in [0, 0.05) is 16.6 Å². The van der Waals surface area contributed by atoms with Crippen LogP contribution in [0.25, 0.3) is 0 Å². The van der Waals surface area contributed by atoms with Crippen molar-refractivity contribution in [2.45, 2.75) is 58.6 Å². The lowest BCUT2D eigenvalue weighted by molar-refractivity contribution is 0.0580. The van der Waals surface area contributed by atoms with E-state index in [1.54, 1.807) is 0 Å². The number of fused-ring (bicyclic) bond motifs is 3. The van der Waals surface area contributed by atoms with E-state index in [-0.39, 0.29) is 11.6 Å². The van der Waals surface area contributed by atoms with Crippen LogP contribution in [0.3, 0.4) is 0 Å². The molecule has 0 amide bonds. The van der Waals surface area contributed by atoms with Gasteiger partial charge in [0.1, 0.15) is 5.75 Å². The number of rotatable bonds is 4. The largest absolute Gasteiger partial charge is 0.473 e. The first-order valence-corrected chi connectivity index (χ1v) is 9.80. The van der Waals surface area contributed by atoms with E-state index in [1.165, 1.54) is 22.3 Å². The van der Waals surface area contributed by atoms with Crippen molar-refractivity contribution in [1.82, 2.24) is 4.90 Å². The summed E-state index contributed by atoms with van der Waals surface area (Å²) in [5, 5.41) is 0. The van der Waals surface area contributed by atoms with Crippen LogP contribution >= 0.6 is 15.9 Å². The van der Waals surface area contributed by atoms with Crippen LogP contribution in [0.1, 0.15) is 51.7 Å². The number of allylic oxidation sites excluding steroid dienone is 4. The SMILES string of the molecule is CC(C)=CCc1cc(Br)c(N)c2c1OC1N(C)CCC21CC=C(C)C. The van der Waals surface area contributed by atoms with E-state index in [2.05, 4.69) is 73.8 Å². The molecule has 25 heavy (non-hydrogen) atoms. The molecule has 2 atom stereocenters. The van der Waals surface area contributed by atoms with Crippen LogP contribution < -0.4 is 10.5 Å². The quantitative estimate of drug-likeness (QED) is 0.554. The Bertz CT molecular complexity index is 745. The van der Waals surface area contributed by atoms with Gasteiger partial charge in [-0.3, -0.25) is 4.90 Å². The molecule has 1 aromatic rings. The summed E-state index contributed by atoms with van der Waals surface area (Å²) in [6.45, 7) is 9.62. The molecule has 0 radical (unpaired) electrons. The van der Waals surface area contributed by atoms with Crippen molar-refractivity contribution >= 4 is 21.6 Å². The molecule has 2 aliphatic heterocycles. The van der Waals surface area contributed by atoms with Crippen molar-refractivity contribution < 1.29 is 4.74 Å². The number of likely N-dealkylation sites (tertiary alicyclic amines) is 1. The summed E-state index contributed by atoms with van der Waals surface area (Å²) in [6, 6.07) is 2.13. The smallest absolute Gasteiger partial charge is 0.162 e. The molecule has 0 bridgehead atoms. The fourth-order valence-corrected chi connectivity index (χ4v) is 4.56. The highest BCUT2D eigenvalue weighted by atomic mass is 79.9. The summed E-state index contributed by atoms with van der Waals surface area (Å²) in [6.07, 6.45) is 7.58. The molecule has 0 aliphatic carbocycles. The summed E-state index contributed by atoms with van der Waals surface area (Å²) in [5.74, 6) is 1.01. The molecule has 0 aromatic heterocycles. The number of likely N-dealkylation sites (N-methyl/N-ethyl adjacent to an activating group) is 1. The lowest BCUT2D eigenvalue weighted by Crippen LogP contribution is -2.40. The average Bonchev–Trinajstić information content (AvgIpc) is 3.03. The van der Waals surface area contributed by atoms with Gasteiger partial charge in [0.25, 0.3) is 0 Å². The molecule has 0 spiro atoms. The van der Waals surface area contributed by atoms with Crippen molar-refractivity contribution in [1.29, 1.82) is 0 Å². The van der Waals surface area contributed by atoms with Crippen LogP contribution in [0, 0.1) is 0 Å². The fourth-order valence-electron chi connectivity index (χ4n) is 4.09. The van der Waals surface area contributed by atoms with Crippen LogP contribution in [0.4, 0.5) is 5.69 Å². The Morgan fingerprint density at radius 1 is 1.32 bits per heavy atom. The van der Waals surface area contributed by atoms with Gasteiger partial charge in [-0.05, 0) is 81.6 Å². The molecular weight excluding hydrogens is 376 g/mol. The van der Waals surface area contributed by atoms with Crippen molar-refractivity contribution in [3.63, 3.8) is 0 Å². The summed E-state index contributed by atoms with van der Waals surface area (Å²) < 4.78 is 7.53. The standard InChI is InChI=1S/C21H29BrN2O/c1-13(2)6-7-15-12-16(22)18(23)17-19(15)25-20-21(17,9-8-14(3)4)10-11-24(20)5/h6,8,12,20H,7,9-11,23H2,1-5H3. The molecule has 0 saturated carbocycles. The summed E-state index contributed by atoms with van der Waals surface area (Å²) in [5.41, 5.74) is 12.5.